The summed E-state index contributed by atoms with van der Waals surface area (Å²) in [6.45, 7) is 5.75. The number of carbonyl (C=O) groups is 1. The van der Waals surface area contributed by atoms with Crippen LogP contribution in [0.5, 0.6) is 0 Å². The second-order valence-electron chi connectivity index (χ2n) is 6.02. The van der Waals surface area contributed by atoms with Crippen LogP contribution in [0.1, 0.15) is 78.6 Å². The van der Waals surface area contributed by atoms with Crippen molar-refractivity contribution in [1.29, 1.82) is 0 Å². The highest BCUT2D eigenvalue weighted by atomic mass is 16.4. The Hall–Kier alpha value is -0.570. The highest BCUT2D eigenvalue weighted by Crippen LogP contribution is 2.24. The maximum Gasteiger partial charge on any atom is 0.309 e. The molecule has 0 saturated heterocycles. The zero-order chi connectivity index (χ0) is 14.0. The molecule has 0 heterocycles. The fraction of sp³-hybridized carbons (Fsp3) is 0.933. The molecule has 3 heteroatoms. The standard InChI is InChI=1S/C15H31NO2/c1-4-13(16)11-9-7-5-6-8-10-12-15(2,3)14(17)18/h13H,4-12,16H2,1-3H3,(H,17,18). The van der Waals surface area contributed by atoms with Crippen LogP contribution >= 0.6 is 0 Å². The molecule has 0 radical (unpaired) electrons. The van der Waals surface area contributed by atoms with Crippen molar-refractivity contribution in [3.05, 3.63) is 0 Å². The van der Waals surface area contributed by atoms with Crippen LogP contribution in [0.25, 0.3) is 0 Å². The first-order chi connectivity index (χ1) is 8.40. The van der Waals surface area contributed by atoms with E-state index < -0.39 is 11.4 Å². The van der Waals surface area contributed by atoms with Crippen LogP contribution in [0.15, 0.2) is 0 Å². The second kappa shape index (κ2) is 9.37. The summed E-state index contributed by atoms with van der Waals surface area (Å²) < 4.78 is 0. The van der Waals surface area contributed by atoms with E-state index in [0.717, 1.165) is 32.1 Å². The van der Waals surface area contributed by atoms with E-state index in [9.17, 15) is 4.79 Å². The quantitative estimate of drug-likeness (QED) is 0.551. The van der Waals surface area contributed by atoms with Gasteiger partial charge < -0.3 is 10.8 Å². The predicted molar refractivity (Wildman–Crippen MR) is 76.6 cm³/mol. The van der Waals surface area contributed by atoms with E-state index in [4.69, 9.17) is 10.8 Å². The minimum Gasteiger partial charge on any atom is -0.481 e. The molecule has 3 nitrogen and oxygen atoms in total. The molecule has 0 saturated carbocycles. The van der Waals surface area contributed by atoms with Gasteiger partial charge in [0.1, 0.15) is 0 Å². The SMILES string of the molecule is CCC(N)CCCCCCCCC(C)(C)C(=O)O. The van der Waals surface area contributed by atoms with Crippen molar-refractivity contribution >= 4 is 5.97 Å². The Morgan fingerprint density at radius 1 is 1.11 bits per heavy atom. The average Bonchev–Trinajstić information content (AvgIpc) is 2.31. The third kappa shape index (κ3) is 8.51. The van der Waals surface area contributed by atoms with Gasteiger partial charge in [-0.2, -0.15) is 0 Å². The summed E-state index contributed by atoms with van der Waals surface area (Å²) in [6, 6.07) is 0.376. The van der Waals surface area contributed by atoms with E-state index in [1.54, 1.807) is 0 Å². The molecule has 0 aromatic carbocycles. The Bertz CT molecular complexity index is 227. The van der Waals surface area contributed by atoms with Crippen molar-refractivity contribution in [1.82, 2.24) is 0 Å². The Kier molecular flexibility index (Phi) is 9.08. The number of hydrogen-bond donors (Lipinski definition) is 2. The lowest BCUT2D eigenvalue weighted by molar-refractivity contribution is -0.147. The summed E-state index contributed by atoms with van der Waals surface area (Å²) >= 11 is 0. The van der Waals surface area contributed by atoms with Crippen molar-refractivity contribution in [2.45, 2.75) is 84.6 Å². The Balaban J connectivity index is 3.34. The van der Waals surface area contributed by atoms with E-state index in [1.807, 2.05) is 13.8 Å². The molecule has 0 fully saturated rings. The molecule has 0 aliphatic carbocycles. The van der Waals surface area contributed by atoms with Crippen molar-refractivity contribution in [3.8, 4) is 0 Å². The molecule has 0 spiro atoms. The van der Waals surface area contributed by atoms with Crippen molar-refractivity contribution in [3.63, 3.8) is 0 Å². The van der Waals surface area contributed by atoms with Crippen molar-refractivity contribution in [2.75, 3.05) is 0 Å². The average molecular weight is 257 g/mol. The normalized spacial score (nSPS) is 13.6. The summed E-state index contributed by atoms with van der Waals surface area (Å²) in [6.07, 6.45) is 10.1. The molecule has 0 aromatic rings. The van der Waals surface area contributed by atoms with Gasteiger partial charge in [0.05, 0.1) is 5.41 Å². The number of carboxylic acid groups (broad SMARTS) is 1. The summed E-state index contributed by atoms with van der Waals surface area (Å²) in [5, 5.41) is 8.98. The van der Waals surface area contributed by atoms with Gasteiger partial charge in [0.2, 0.25) is 0 Å². The summed E-state index contributed by atoms with van der Waals surface area (Å²) in [7, 11) is 0. The molecule has 0 bridgehead atoms. The van der Waals surface area contributed by atoms with Crippen LogP contribution in [-0.2, 0) is 4.79 Å². The molecule has 1 unspecified atom stereocenters. The molecule has 0 aliphatic heterocycles. The molecule has 0 rings (SSSR count). The van der Waals surface area contributed by atoms with Crippen LogP contribution in [0.2, 0.25) is 0 Å². The number of nitrogens with two attached hydrogens (primary N) is 1. The van der Waals surface area contributed by atoms with Crippen molar-refractivity contribution < 1.29 is 9.90 Å². The fourth-order valence-electron chi connectivity index (χ4n) is 1.99. The monoisotopic (exact) mass is 257 g/mol. The summed E-state index contributed by atoms with van der Waals surface area (Å²) in [5.41, 5.74) is 5.29. The molecule has 0 aromatic heterocycles. The largest absolute Gasteiger partial charge is 0.481 e. The minimum absolute atomic E-state index is 0.376. The van der Waals surface area contributed by atoms with E-state index in [2.05, 4.69) is 6.92 Å². The van der Waals surface area contributed by atoms with Crippen LogP contribution in [0.4, 0.5) is 0 Å². The maximum absolute atomic E-state index is 10.9. The van der Waals surface area contributed by atoms with E-state index in [0.29, 0.717) is 6.04 Å². The molecular formula is C15H31NO2. The predicted octanol–water partition coefficient (Wildman–Crippen LogP) is 3.96. The van der Waals surface area contributed by atoms with Gasteiger partial charge in [-0.3, -0.25) is 4.79 Å². The molecule has 18 heavy (non-hydrogen) atoms. The Morgan fingerprint density at radius 2 is 1.61 bits per heavy atom. The fourth-order valence-corrected chi connectivity index (χ4v) is 1.99. The van der Waals surface area contributed by atoms with Gasteiger partial charge in [-0.25, -0.2) is 0 Å². The first-order valence-corrected chi connectivity index (χ1v) is 7.39. The number of carboxylic acids is 1. The van der Waals surface area contributed by atoms with Gasteiger partial charge in [-0.05, 0) is 33.1 Å². The number of unbranched alkanes of at least 4 members (excludes halogenated alkanes) is 5. The number of hydrogen-bond acceptors (Lipinski definition) is 2. The van der Waals surface area contributed by atoms with E-state index >= 15 is 0 Å². The number of rotatable bonds is 11. The summed E-state index contributed by atoms with van der Waals surface area (Å²) in [4.78, 5) is 10.9. The molecule has 3 N–H and O–H groups in total. The maximum atomic E-state index is 10.9. The zero-order valence-electron chi connectivity index (χ0n) is 12.4. The van der Waals surface area contributed by atoms with E-state index in [-0.39, 0.29) is 0 Å². The molecule has 0 aliphatic rings. The minimum atomic E-state index is -0.684. The highest BCUT2D eigenvalue weighted by molar-refractivity contribution is 5.73. The second-order valence-corrected chi connectivity index (χ2v) is 6.02. The van der Waals surface area contributed by atoms with Crippen molar-refractivity contribution in [2.24, 2.45) is 11.1 Å². The van der Waals surface area contributed by atoms with Gasteiger partial charge >= 0.3 is 5.97 Å². The number of aliphatic carboxylic acids is 1. The Morgan fingerprint density at radius 3 is 2.11 bits per heavy atom. The first-order valence-electron chi connectivity index (χ1n) is 7.39. The summed E-state index contributed by atoms with van der Waals surface area (Å²) in [5.74, 6) is -0.684. The Labute approximate surface area is 112 Å². The van der Waals surface area contributed by atoms with Crippen LogP contribution in [-0.4, -0.2) is 17.1 Å². The third-order valence-electron chi connectivity index (χ3n) is 3.73. The van der Waals surface area contributed by atoms with E-state index in [1.165, 1.54) is 25.7 Å². The lowest BCUT2D eigenvalue weighted by Gasteiger charge is -2.18. The molecule has 1 atom stereocenters. The lowest BCUT2D eigenvalue weighted by Crippen LogP contribution is -2.23. The van der Waals surface area contributed by atoms with Gasteiger partial charge in [-0.15, -0.1) is 0 Å². The first kappa shape index (κ1) is 17.4. The van der Waals surface area contributed by atoms with Crippen LogP contribution < -0.4 is 5.73 Å². The smallest absolute Gasteiger partial charge is 0.309 e. The topological polar surface area (TPSA) is 63.3 Å². The lowest BCUT2D eigenvalue weighted by atomic mass is 9.87. The molecule has 0 amide bonds. The van der Waals surface area contributed by atoms with Gasteiger partial charge in [0.25, 0.3) is 0 Å². The molecular weight excluding hydrogens is 226 g/mol. The van der Waals surface area contributed by atoms with Gasteiger partial charge in [-0.1, -0.05) is 45.4 Å². The van der Waals surface area contributed by atoms with Gasteiger partial charge in [0, 0.05) is 6.04 Å². The molecule has 108 valence electrons. The van der Waals surface area contributed by atoms with Gasteiger partial charge in [0.15, 0.2) is 0 Å². The highest BCUT2D eigenvalue weighted by Gasteiger charge is 2.25. The third-order valence-corrected chi connectivity index (χ3v) is 3.73. The zero-order valence-corrected chi connectivity index (χ0v) is 12.4. The van der Waals surface area contributed by atoms with Crippen LogP contribution in [0, 0.1) is 5.41 Å². The van der Waals surface area contributed by atoms with Crippen LogP contribution in [0.3, 0.4) is 0 Å².